The first-order valence-corrected chi connectivity index (χ1v) is 11.9. The summed E-state index contributed by atoms with van der Waals surface area (Å²) in [6.45, 7) is 0. The SMILES string of the molecule is COc1ccc(NC(=O)C(Sc2ccc(NC(=O)Nc3ccccc3)cc2)c2ccccc2)cc1. The minimum atomic E-state index is -0.460. The molecule has 35 heavy (non-hydrogen) atoms. The first-order valence-electron chi connectivity index (χ1n) is 11.0. The zero-order chi connectivity index (χ0) is 24.5. The van der Waals surface area contributed by atoms with Gasteiger partial charge < -0.3 is 20.7 Å². The molecule has 0 saturated heterocycles. The standard InChI is InChI=1S/C28H25N3O3S/c1-34-24-16-12-22(13-17-24)29-27(32)26(20-8-4-2-5-9-20)35-25-18-14-23(15-19-25)31-28(33)30-21-10-6-3-7-11-21/h2-19,26H,1H3,(H,29,32)(H2,30,31,33). The molecule has 0 spiro atoms. The van der Waals surface area contributed by atoms with Gasteiger partial charge in [0.15, 0.2) is 0 Å². The third-order valence-corrected chi connectivity index (χ3v) is 6.36. The number of ether oxygens (including phenoxy) is 1. The second-order valence-corrected chi connectivity index (χ2v) is 8.77. The molecule has 0 saturated carbocycles. The summed E-state index contributed by atoms with van der Waals surface area (Å²) in [5.41, 5.74) is 2.96. The molecule has 0 bridgehead atoms. The van der Waals surface area contributed by atoms with E-state index in [1.54, 1.807) is 19.2 Å². The lowest BCUT2D eigenvalue weighted by Gasteiger charge is -2.17. The Bertz CT molecular complexity index is 1250. The lowest BCUT2D eigenvalue weighted by atomic mass is 10.1. The number of carbonyl (C=O) groups excluding carboxylic acids is 2. The summed E-state index contributed by atoms with van der Waals surface area (Å²) in [7, 11) is 1.60. The first-order chi connectivity index (χ1) is 17.1. The van der Waals surface area contributed by atoms with E-state index in [0.29, 0.717) is 17.1 Å². The van der Waals surface area contributed by atoms with E-state index in [2.05, 4.69) is 16.0 Å². The molecule has 3 N–H and O–H groups in total. The van der Waals surface area contributed by atoms with Gasteiger partial charge in [-0.05, 0) is 66.2 Å². The zero-order valence-corrected chi connectivity index (χ0v) is 19.9. The maximum Gasteiger partial charge on any atom is 0.323 e. The van der Waals surface area contributed by atoms with Crippen molar-refractivity contribution in [2.24, 2.45) is 0 Å². The molecule has 7 heteroatoms. The lowest BCUT2D eigenvalue weighted by molar-refractivity contribution is -0.115. The number of anilines is 3. The number of hydrogen-bond donors (Lipinski definition) is 3. The quantitative estimate of drug-likeness (QED) is 0.241. The highest BCUT2D eigenvalue weighted by Crippen LogP contribution is 2.36. The van der Waals surface area contributed by atoms with Crippen LogP contribution in [0.4, 0.5) is 21.9 Å². The topological polar surface area (TPSA) is 79.5 Å². The molecule has 176 valence electrons. The third kappa shape index (κ3) is 6.88. The van der Waals surface area contributed by atoms with Gasteiger partial charge in [-0.25, -0.2) is 4.79 Å². The summed E-state index contributed by atoms with van der Waals surface area (Å²) in [6, 6.07) is 33.2. The minimum absolute atomic E-state index is 0.129. The van der Waals surface area contributed by atoms with E-state index >= 15 is 0 Å². The number of thioether (sulfide) groups is 1. The van der Waals surface area contributed by atoms with Crippen molar-refractivity contribution in [3.05, 3.63) is 115 Å². The molecule has 0 aromatic heterocycles. The van der Waals surface area contributed by atoms with Gasteiger partial charge in [0.1, 0.15) is 11.0 Å². The molecular formula is C28H25N3O3S. The van der Waals surface area contributed by atoms with Crippen LogP contribution in [0.5, 0.6) is 5.75 Å². The van der Waals surface area contributed by atoms with Crippen LogP contribution in [0.15, 0.2) is 114 Å². The monoisotopic (exact) mass is 483 g/mol. The molecule has 1 atom stereocenters. The van der Waals surface area contributed by atoms with Gasteiger partial charge >= 0.3 is 6.03 Å². The van der Waals surface area contributed by atoms with Crippen LogP contribution in [0.1, 0.15) is 10.8 Å². The first kappa shape index (κ1) is 23.9. The lowest BCUT2D eigenvalue weighted by Crippen LogP contribution is -2.19. The predicted molar refractivity (Wildman–Crippen MR) is 142 cm³/mol. The highest BCUT2D eigenvalue weighted by atomic mass is 32.2. The summed E-state index contributed by atoms with van der Waals surface area (Å²) >= 11 is 1.44. The van der Waals surface area contributed by atoms with E-state index in [1.807, 2.05) is 97.1 Å². The van der Waals surface area contributed by atoms with E-state index in [9.17, 15) is 9.59 Å². The molecule has 4 rings (SSSR count). The highest BCUT2D eigenvalue weighted by Gasteiger charge is 2.22. The molecule has 1 unspecified atom stereocenters. The number of carbonyl (C=O) groups is 2. The molecule has 0 radical (unpaired) electrons. The average molecular weight is 484 g/mol. The molecule has 3 amide bonds. The molecule has 0 fully saturated rings. The number of para-hydroxylation sites is 1. The van der Waals surface area contributed by atoms with Crippen LogP contribution in [0, 0.1) is 0 Å². The van der Waals surface area contributed by atoms with Crippen molar-refractivity contribution < 1.29 is 14.3 Å². The summed E-state index contributed by atoms with van der Waals surface area (Å²) in [5, 5.41) is 8.14. The molecule has 0 aliphatic carbocycles. The number of rotatable bonds is 8. The summed E-state index contributed by atoms with van der Waals surface area (Å²) in [5.74, 6) is 0.596. The maximum absolute atomic E-state index is 13.2. The van der Waals surface area contributed by atoms with E-state index in [4.69, 9.17) is 4.74 Å². The Labute approximate surface area is 208 Å². The normalized spacial score (nSPS) is 11.2. The van der Waals surface area contributed by atoms with Crippen LogP contribution >= 0.6 is 11.8 Å². The Hall–Kier alpha value is -4.23. The summed E-state index contributed by atoms with van der Waals surface area (Å²) < 4.78 is 5.19. The van der Waals surface area contributed by atoms with Gasteiger partial charge in [-0.15, -0.1) is 11.8 Å². The Kier molecular flexibility index (Phi) is 8.04. The van der Waals surface area contributed by atoms with Crippen molar-refractivity contribution in [1.29, 1.82) is 0 Å². The van der Waals surface area contributed by atoms with Gasteiger partial charge in [0.25, 0.3) is 0 Å². The van der Waals surface area contributed by atoms with Crippen molar-refractivity contribution >= 4 is 40.8 Å². The second kappa shape index (κ2) is 11.8. The molecular weight excluding hydrogens is 458 g/mol. The Morgan fingerprint density at radius 1 is 0.657 bits per heavy atom. The van der Waals surface area contributed by atoms with Crippen molar-refractivity contribution in [1.82, 2.24) is 0 Å². The fourth-order valence-electron chi connectivity index (χ4n) is 3.35. The highest BCUT2D eigenvalue weighted by molar-refractivity contribution is 8.00. The van der Waals surface area contributed by atoms with Crippen LogP contribution in [0.25, 0.3) is 0 Å². The molecule has 6 nitrogen and oxygen atoms in total. The van der Waals surface area contributed by atoms with Gasteiger partial charge in [0, 0.05) is 22.0 Å². The third-order valence-electron chi connectivity index (χ3n) is 5.10. The van der Waals surface area contributed by atoms with Gasteiger partial charge in [-0.3, -0.25) is 4.79 Å². The zero-order valence-electron chi connectivity index (χ0n) is 19.1. The number of benzene rings is 4. The molecule has 0 heterocycles. The number of methoxy groups -OCH3 is 1. The largest absolute Gasteiger partial charge is 0.497 e. The van der Waals surface area contributed by atoms with E-state index in [-0.39, 0.29) is 11.9 Å². The van der Waals surface area contributed by atoms with Crippen LogP contribution in [0.2, 0.25) is 0 Å². The van der Waals surface area contributed by atoms with E-state index in [1.165, 1.54) is 11.8 Å². The smallest absolute Gasteiger partial charge is 0.323 e. The van der Waals surface area contributed by atoms with Crippen LogP contribution in [-0.2, 0) is 4.79 Å². The minimum Gasteiger partial charge on any atom is -0.497 e. The van der Waals surface area contributed by atoms with Crippen LogP contribution in [0.3, 0.4) is 0 Å². The summed E-state index contributed by atoms with van der Waals surface area (Å²) in [6.07, 6.45) is 0. The van der Waals surface area contributed by atoms with E-state index in [0.717, 1.165) is 16.2 Å². The number of nitrogens with one attached hydrogen (secondary N) is 3. The van der Waals surface area contributed by atoms with Crippen LogP contribution < -0.4 is 20.7 Å². The van der Waals surface area contributed by atoms with Crippen molar-refractivity contribution in [3.63, 3.8) is 0 Å². The Morgan fingerprint density at radius 2 is 1.17 bits per heavy atom. The van der Waals surface area contributed by atoms with Gasteiger partial charge in [0.05, 0.1) is 7.11 Å². The Morgan fingerprint density at radius 3 is 1.77 bits per heavy atom. The molecule has 4 aromatic carbocycles. The second-order valence-electron chi connectivity index (χ2n) is 7.60. The maximum atomic E-state index is 13.2. The van der Waals surface area contributed by atoms with Crippen LogP contribution in [-0.4, -0.2) is 19.0 Å². The fourth-order valence-corrected chi connectivity index (χ4v) is 4.38. The Balaban J connectivity index is 1.43. The molecule has 0 aliphatic heterocycles. The van der Waals surface area contributed by atoms with Crippen molar-refractivity contribution in [3.8, 4) is 5.75 Å². The van der Waals surface area contributed by atoms with Crippen molar-refractivity contribution in [2.75, 3.05) is 23.1 Å². The average Bonchev–Trinajstić information content (AvgIpc) is 2.89. The number of amides is 3. The predicted octanol–water partition coefficient (Wildman–Crippen LogP) is 6.81. The number of hydrogen-bond acceptors (Lipinski definition) is 4. The van der Waals surface area contributed by atoms with E-state index < -0.39 is 5.25 Å². The van der Waals surface area contributed by atoms with Gasteiger partial charge in [-0.2, -0.15) is 0 Å². The number of urea groups is 1. The van der Waals surface area contributed by atoms with Crippen molar-refractivity contribution in [2.45, 2.75) is 10.1 Å². The summed E-state index contributed by atoms with van der Waals surface area (Å²) in [4.78, 5) is 26.4. The molecule has 0 aliphatic rings. The van der Waals surface area contributed by atoms with Gasteiger partial charge in [-0.1, -0.05) is 48.5 Å². The van der Waals surface area contributed by atoms with Gasteiger partial charge in [0.2, 0.25) is 5.91 Å². The molecule has 4 aromatic rings. The fraction of sp³-hybridized carbons (Fsp3) is 0.0714.